The summed E-state index contributed by atoms with van der Waals surface area (Å²) >= 11 is 0. The van der Waals surface area contributed by atoms with E-state index in [1.807, 2.05) is 13.8 Å². The topological polar surface area (TPSA) is 95.5 Å². The highest BCUT2D eigenvalue weighted by Gasteiger charge is 2.25. The molecule has 8 heteroatoms. The smallest absolute Gasteiger partial charge is 0.278 e. The standard InChI is InChI=1S/C20H26N4O4/c1-13(2)27-17-9-4-14(12-23-17)18(25)24-15-5-7-16(8-6-15)28-20-19(26-3)21-10-11-22-20/h4,9-13,15-16H,5-8H2,1-3H3,(H,24,25). The molecular weight excluding hydrogens is 360 g/mol. The van der Waals surface area contributed by atoms with Crippen molar-refractivity contribution in [1.82, 2.24) is 20.3 Å². The Kier molecular flexibility index (Phi) is 6.62. The first-order chi connectivity index (χ1) is 13.5. The van der Waals surface area contributed by atoms with Crippen LogP contribution in [0.2, 0.25) is 0 Å². The highest BCUT2D eigenvalue weighted by atomic mass is 16.5. The zero-order valence-electron chi connectivity index (χ0n) is 16.4. The largest absolute Gasteiger partial charge is 0.477 e. The lowest BCUT2D eigenvalue weighted by Crippen LogP contribution is -2.39. The summed E-state index contributed by atoms with van der Waals surface area (Å²) in [7, 11) is 1.54. The summed E-state index contributed by atoms with van der Waals surface area (Å²) < 4.78 is 16.6. The number of nitrogens with one attached hydrogen (secondary N) is 1. The van der Waals surface area contributed by atoms with Gasteiger partial charge < -0.3 is 19.5 Å². The molecule has 2 aromatic heterocycles. The van der Waals surface area contributed by atoms with E-state index in [2.05, 4.69) is 20.3 Å². The summed E-state index contributed by atoms with van der Waals surface area (Å²) in [4.78, 5) is 24.9. The van der Waals surface area contributed by atoms with Gasteiger partial charge >= 0.3 is 0 Å². The third kappa shape index (κ3) is 5.31. The number of carbonyl (C=O) groups is 1. The Labute approximate surface area is 164 Å². The number of amides is 1. The van der Waals surface area contributed by atoms with Crippen molar-refractivity contribution < 1.29 is 19.0 Å². The number of ether oxygens (including phenoxy) is 3. The van der Waals surface area contributed by atoms with Crippen LogP contribution in [0.25, 0.3) is 0 Å². The highest BCUT2D eigenvalue weighted by molar-refractivity contribution is 5.94. The molecule has 1 N–H and O–H groups in total. The zero-order valence-corrected chi connectivity index (χ0v) is 16.4. The molecule has 1 fully saturated rings. The maximum absolute atomic E-state index is 12.4. The van der Waals surface area contributed by atoms with Crippen molar-refractivity contribution in [3.05, 3.63) is 36.3 Å². The number of methoxy groups -OCH3 is 1. The van der Waals surface area contributed by atoms with Gasteiger partial charge in [0.2, 0.25) is 5.88 Å². The van der Waals surface area contributed by atoms with E-state index in [0.717, 1.165) is 25.7 Å². The van der Waals surface area contributed by atoms with Crippen LogP contribution >= 0.6 is 0 Å². The second-order valence-corrected chi connectivity index (χ2v) is 6.99. The molecule has 2 heterocycles. The fourth-order valence-corrected chi connectivity index (χ4v) is 3.11. The molecule has 0 unspecified atom stereocenters. The van der Waals surface area contributed by atoms with E-state index < -0.39 is 0 Å². The molecule has 0 bridgehead atoms. The van der Waals surface area contributed by atoms with E-state index >= 15 is 0 Å². The first-order valence-electron chi connectivity index (χ1n) is 9.50. The van der Waals surface area contributed by atoms with Crippen LogP contribution in [-0.2, 0) is 0 Å². The molecule has 150 valence electrons. The molecule has 0 radical (unpaired) electrons. The fourth-order valence-electron chi connectivity index (χ4n) is 3.11. The van der Waals surface area contributed by atoms with Crippen molar-refractivity contribution in [3.63, 3.8) is 0 Å². The zero-order chi connectivity index (χ0) is 19.9. The number of hydrogen-bond donors (Lipinski definition) is 1. The summed E-state index contributed by atoms with van der Waals surface area (Å²) in [6.07, 6.45) is 8.08. The maximum Gasteiger partial charge on any atom is 0.278 e. The van der Waals surface area contributed by atoms with Gasteiger partial charge in [-0.05, 0) is 45.6 Å². The molecule has 0 spiro atoms. The molecule has 0 atom stereocenters. The number of carbonyl (C=O) groups excluding carboxylic acids is 1. The predicted molar refractivity (Wildman–Crippen MR) is 103 cm³/mol. The first-order valence-corrected chi connectivity index (χ1v) is 9.50. The van der Waals surface area contributed by atoms with E-state index in [-0.39, 0.29) is 24.2 Å². The Hall–Kier alpha value is -2.90. The highest BCUT2D eigenvalue weighted by Crippen LogP contribution is 2.27. The van der Waals surface area contributed by atoms with Crippen molar-refractivity contribution in [2.24, 2.45) is 0 Å². The first kappa shape index (κ1) is 19.9. The quantitative estimate of drug-likeness (QED) is 0.782. The summed E-state index contributed by atoms with van der Waals surface area (Å²) in [5, 5.41) is 3.07. The van der Waals surface area contributed by atoms with E-state index in [1.165, 1.54) is 0 Å². The van der Waals surface area contributed by atoms with Gasteiger partial charge in [0.25, 0.3) is 17.7 Å². The second-order valence-electron chi connectivity index (χ2n) is 6.99. The van der Waals surface area contributed by atoms with Crippen molar-refractivity contribution in [1.29, 1.82) is 0 Å². The predicted octanol–water partition coefficient (Wildman–Crippen LogP) is 2.79. The van der Waals surface area contributed by atoms with Gasteiger partial charge in [0.1, 0.15) is 6.10 Å². The van der Waals surface area contributed by atoms with Crippen LogP contribution in [0, 0.1) is 0 Å². The van der Waals surface area contributed by atoms with Crippen molar-refractivity contribution in [2.75, 3.05) is 7.11 Å². The normalized spacial score (nSPS) is 19.1. The van der Waals surface area contributed by atoms with Gasteiger partial charge in [-0.2, -0.15) is 0 Å². The second kappa shape index (κ2) is 9.34. The van der Waals surface area contributed by atoms with E-state index in [0.29, 0.717) is 23.2 Å². The maximum atomic E-state index is 12.4. The number of aromatic nitrogens is 3. The Bertz CT molecular complexity index is 774. The minimum atomic E-state index is -0.122. The lowest BCUT2D eigenvalue weighted by atomic mass is 9.92. The third-order valence-corrected chi connectivity index (χ3v) is 4.47. The minimum Gasteiger partial charge on any atom is -0.477 e. The molecule has 2 aromatic rings. The lowest BCUT2D eigenvalue weighted by Gasteiger charge is -2.29. The molecule has 1 amide bonds. The summed E-state index contributed by atoms with van der Waals surface area (Å²) in [5.74, 6) is 1.19. The van der Waals surface area contributed by atoms with Gasteiger partial charge in [-0.3, -0.25) is 4.79 Å². The van der Waals surface area contributed by atoms with Gasteiger partial charge in [0, 0.05) is 30.7 Å². The van der Waals surface area contributed by atoms with Gasteiger partial charge in [-0.1, -0.05) is 0 Å². The fraction of sp³-hybridized carbons (Fsp3) is 0.500. The van der Waals surface area contributed by atoms with Crippen LogP contribution in [0.4, 0.5) is 0 Å². The monoisotopic (exact) mass is 386 g/mol. The average Bonchev–Trinajstić information content (AvgIpc) is 2.70. The van der Waals surface area contributed by atoms with Crippen molar-refractivity contribution in [2.45, 2.75) is 57.8 Å². The van der Waals surface area contributed by atoms with Crippen LogP contribution in [0.15, 0.2) is 30.7 Å². The molecular formula is C20H26N4O4. The minimum absolute atomic E-state index is 0.0351. The summed E-state index contributed by atoms with van der Waals surface area (Å²) in [5.41, 5.74) is 0.527. The number of pyridine rings is 1. The third-order valence-electron chi connectivity index (χ3n) is 4.47. The van der Waals surface area contributed by atoms with Gasteiger partial charge in [0.15, 0.2) is 0 Å². The van der Waals surface area contributed by atoms with Gasteiger partial charge in [0.05, 0.1) is 18.8 Å². The average molecular weight is 386 g/mol. The molecule has 3 rings (SSSR count). The van der Waals surface area contributed by atoms with Gasteiger partial charge in [-0.25, -0.2) is 15.0 Å². The van der Waals surface area contributed by atoms with Crippen LogP contribution in [0.5, 0.6) is 17.6 Å². The molecule has 0 aromatic carbocycles. The Balaban J connectivity index is 1.48. The Morgan fingerprint density at radius 2 is 1.79 bits per heavy atom. The molecule has 8 nitrogen and oxygen atoms in total. The lowest BCUT2D eigenvalue weighted by molar-refractivity contribution is 0.0886. The molecule has 1 aliphatic rings. The molecule has 1 aliphatic carbocycles. The van der Waals surface area contributed by atoms with Crippen LogP contribution in [0.1, 0.15) is 49.9 Å². The van der Waals surface area contributed by atoms with Crippen molar-refractivity contribution in [3.8, 4) is 17.6 Å². The van der Waals surface area contributed by atoms with Crippen LogP contribution in [-0.4, -0.2) is 46.2 Å². The molecule has 0 aliphatic heterocycles. The van der Waals surface area contributed by atoms with E-state index in [1.54, 1.807) is 37.8 Å². The SMILES string of the molecule is COc1nccnc1OC1CCC(NC(=O)c2ccc(OC(C)C)nc2)CC1. The Morgan fingerprint density at radius 1 is 1.07 bits per heavy atom. The summed E-state index contributed by atoms with van der Waals surface area (Å²) in [6.45, 7) is 3.87. The Morgan fingerprint density at radius 3 is 2.39 bits per heavy atom. The van der Waals surface area contributed by atoms with Gasteiger partial charge in [-0.15, -0.1) is 0 Å². The number of hydrogen-bond acceptors (Lipinski definition) is 7. The van der Waals surface area contributed by atoms with E-state index in [4.69, 9.17) is 14.2 Å². The molecule has 0 saturated heterocycles. The van der Waals surface area contributed by atoms with Crippen LogP contribution < -0.4 is 19.5 Å². The van der Waals surface area contributed by atoms with Crippen molar-refractivity contribution >= 4 is 5.91 Å². The molecule has 28 heavy (non-hydrogen) atoms. The van der Waals surface area contributed by atoms with E-state index in [9.17, 15) is 4.79 Å². The number of rotatable bonds is 7. The summed E-state index contributed by atoms with van der Waals surface area (Å²) in [6, 6.07) is 3.56. The van der Waals surface area contributed by atoms with Crippen LogP contribution in [0.3, 0.4) is 0 Å². The molecule has 1 saturated carbocycles. The number of nitrogens with zero attached hydrogens (tertiary/aromatic N) is 3.